The van der Waals surface area contributed by atoms with E-state index in [-0.39, 0.29) is 10.6 Å². The predicted octanol–water partition coefficient (Wildman–Crippen LogP) is 0.253. The van der Waals surface area contributed by atoms with Crippen LogP contribution in [0.1, 0.15) is 12.6 Å². The van der Waals surface area contributed by atoms with E-state index >= 15 is 0 Å². The molecule has 1 aromatic heterocycles. The van der Waals surface area contributed by atoms with Crippen LogP contribution < -0.4 is 4.72 Å². The molecule has 0 aliphatic carbocycles. The maximum atomic E-state index is 11.7. The van der Waals surface area contributed by atoms with E-state index in [2.05, 4.69) is 15.6 Å². The van der Waals surface area contributed by atoms with Gasteiger partial charge in [-0.3, -0.25) is 0 Å². The van der Waals surface area contributed by atoms with Gasteiger partial charge in [-0.2, -0.15) is 9.98 Å². The molecule has 1 atom stereocenters. The summed E-state index contributed by atoms with van der Waals surface area (Å²) in [7, 11) is -3.66. The number of aromatic nitrogens is 1. The molecule has 0 amide bonds. The Morgan fingerprint density at radius 3 is 2.69 bits per heavy atom. The summed E-state index contributed by atoms with van der Waals surface area (Å²) in [6, 6.07) is 3.83. The lowest BCUT2D eigenvalue weighted by molar-refractivity contribution is 0.577. The first kappa shape index (κ1) is 12.2. The normalized spacial score (nSPS) is 12.4. The summed E-state index contributed by atoms with van der Waals surface area (Å²) >= 11 is 0. The van der Waals surface area contributed by atoms with Crippen molar-refractivity contribution in [3.05, 3.63) is 24.0 Å². The summed E-state index contributed by atoms with van der Waals surface area (Å²) in [5, 5.41) is 8.51. The van der Waals surface area contributed by atoms with Crippen LogP contribution in [0, 0.1) is 23.7 Å². The van der Waals surface area contributed by atoms with Crippen molar-refractivity contribution in [3.63, 3.8) is 0 Å². The van der Waals surface area contributed by atoms with E-state index in [1.54, 1.807) is 13.0 Å². The highest BCUT2D eigenvalue weighted by Crippen LogP contribution is 2.07. The molecule has 0 fully saturated rings. The first-order chi connectivity index (χ1) is 7.49. The number of rotatable bonds is 3. The van der Waals surface area contributed by atoms with Crippen molar-refractivity contribution in [1.82, 2.24) is 9.71 Å². The molecule has 0 saturated heterocycles. The molecular weight excluding hydrogens is 226 g/mol. The number of nitrogens with zero attached hydrogens (tertiary/aromatic N) is 2. The van der Waals surface area contributed by atoms with Crippen LogP contribution in [-0.4, -0.2) is 19.4 Å². The molecule has 0 aliphatic heterocycles. The quantitative estimate of drug-likeness (QED) is 0.761. The summed E-state index contributed by atoms with van der Waals surface area (Å²) in [5.41, 5.74) is 0.156. The minimum Gasteiger partial charge on any atom is -0.244 e. The molecule has 6 heteroatoms. The largest absolute Gasteiger partial charge is 0.244 e. The molecule has 0 bridgehead atoms. The molecule has 1 heterocycles. The maximum Gasteiger partial charge on any atom is 0.243 e. The first-order valence-electron chi connectivity index (χ1n) is 4.34. The van der Waals surface area contributed by atoms with Crippen LogP contribution in [0.3, 0.4) is 0 Å². The fourth-order valence-electron chi connectivity index (χ4n) is 0.940. The molecular formula is C10H9N3O2S. The third-order valence-electron chi connectivity index (χ3n) is 1.74. The van der Waals surface area contributed by atoms with Crippen LogP contribution in [0.2, 0.25) is 0 Å². The van der Waals surface area contributed by atoms with E-state index in [0.29, 0.717) is 0 Å². The Morgan fingerprint density at radius 1 is 1.56 bits per heavy atom. The number of hydrogen-bond acceptors (Lipinski definition) is 4. The predicted molar refractivity (Wildman–Crippen MR) is 57.6 cm³/mol. The standard InChI is InChI=1S/C10H9N3O2S/c1-3-8(2)13-16(14,15)10-5-4-9(6-11)12-7-10/h1,4-5,7-8,13H,2H3. The third-order valence-corrected chi connectivity index (χ3v) is 3.27. The van der Waals surface area contributed by atoms with Crippen molar-refractivity contribution in [3.8, 4) is 18.4 Å². The van der Waals surface area contributed by atoms with E-state index in [4.69, 9.17) is 11.7 Å². The number of nitrogens with one attached hydrogen (secondary N) is 1. The second-order valence-corrected chi connectivity index (χ2v) is 4.71. The van der Waals surface area contributed by atoms with E-state index in [1.807, 2.05) is 0 Å². The Hall–Kier alpha value is -1.89. The summed E-state index contributed by atoms with van der Waals surface area (Å²) in [4.78, 5) is 3.64. The molecule has 1 aromatic rings. The van der Waals surface area contributed by atoms with E-state index in [9.17, 15) is 8.42 Å². The fourth-order valence-corrected chi connectivity index (χ4v) is 2.05. The van der Waals surface area contributed by atoms with Crippen molar-refractivity contribution >= 4 is 10.0 Å². The van der Waals surface area contributed by atoms with Crippen LogP contribution in [0.5, 0.6) is 0 Å². The minimum atomic E-state index is -3.66. The van der Waals surface area contributed by atoms with Gasteiger partial charge in [-0.25, -0.2) is 13.4 Å². The van der Waals surface area contributed by atoms with Crippen LogP contribution >= 0.6 is 0 Å². The first-order valence-corrected chi connectivity index (χ1v) is 5.82. The lowest BCUT2D eigenvalue weighted by Crippen LogP contribution is -2.31. The molecule has 0 spiro atoms. The zero-order chi connectivity index (χ0) is 12.2. The summed E-state index contributed by atoms with van der Waals surface area (Å²) < 4.78 is 25.6. The number of nitriles is 1. The van der Waals surface area contributed by atoms with Gasteiger partial charge in [0.15, 0.2) is 0 Å². The molecule has 5 nitrogen and oxygen atoms in total. The zero-order valence-electron chi connectivity index (χ0n) is 8.51. The van der Waals surface area contributed by atoms with Crippen LogP contribution in [0.15, 0.2) is 23.2 Å². The fraction of sp³-hybridized carbons (Fsp3) is 0.200. The Kier molecular flexibility index (Phi) is 3.62. The van der Waals surface area contributed by atoms with Gasteiger partial charge in [0.25, 0.3) is 0 Å². The topological polar surface area (TPSA) is 82.9 Å². The Bertz CT molecular complexity index is 549. The molecule has 0 saturated carbocycles. The minimum absolute atomic E-state index is 0.0198. The highest BCUT2D eigenvalue weighted by Gasteiger charge is 2.16. The molecule has 0 aromatic carbocycles. The number of terminal acetylenes is 1. The van der Waals surface area contributed by atoms with E-state index in [1.165, 1.54) is 12.1 Å². The Balaban J connectivity index is 3.01. The smallest absolute Gasteiger partial charge is 0.243 e. The summed E-state index contributed by atoms with van der Waals surface area (Å²) in [6.45, 7) is 1.55. The van der Waals surface area contributed by atoms with Crippen molar-refractivity contribution in [2.75, 3.05) is 0 Å². The van der Waals surface area contributed by atoms with Gasteiger partial charge >= 0.3 is 0 Å². The van der Waals surface area contributed by atoms with Gasteiger partial charge in [-0.15, -0.1) is 6.42 Å². The molecule has 1 N–H and O–H groups in total. The van der Waals surface area contributed by atoms with Gasteiger partial charge in [-0.1, -0.05) is 5.92 Å². The molecule has 82 valence electrons. The van der Waals surface area contributed by atoms with Crippen molar-refractivity contribution < 1.29 is 8.42 Å². The Morgan fingerprint density at radius 2 is 2.25 bits per heavy atom. The highest BCUT2D eigenvalue weighted by molar-refractivity contribution is 7.89. The van der Waals surface area contributed by atoms with Gasteiger partial charge in [0.05, 0.1) is 6.04 Å². The SMILES string of the molecule is C#CC(C)NS(=O)(=O)c1ccc(C#N)nc1. The van der Waals surface area contributed by atoms with E-state index < -0.39 is 16.1 Å². The van der Waals surface area contributed by atoms with Gasteiger partial charge < -0.3 is 0 Å². The zero-order valence-corrected chi connectivity index (χ0v) is 9.32. The number of pyridine rings is 1. The third kappa shape index (κ3) is 2.80. The van der Waals surface area contributed by atoms with Gasteiger partial charge in [0, 0.05) is 6.20 Å². The highest BCUT2D eigenvalue weighted by atomic mass is 32.2. The second-order valence-electron chi connectivity index (χ2n) is 3.00. The molecule has 0 aliphatic rings. The van der Waals surface area contributed by atoms with Crippen molar-refractivity contribution in [2.45, 2.75) is 17.9 Å². The molecule has 16 heavy (non-hydrogen) atoms. The number of sulfonamides is 1. The lowest BCUT2D eigenvalue weighted by Gasteiger charge is -2.08. The van der Waals surface area contributed by atoms with E-state index in [0.717, 1.165) is 6.20 Å². The second kappa shape index (κ2) is 4.75. The van der Waals surface area contributed by atoms with Crippen LogP contribution in [-0.2, 0) is 10.0 Å². The lowest BCUT2D eigenvalue weighted by atomic mass is 10.4. The van der Waals surface area contributed by atoms with Gasteiger partial charge in [0.2, 0.25) is 10.0 Å². The number of hydrogen-bond donors (Lipinski definition) is 1. The molecule has 1 rings (SSSR count). The van der Waals surface area contributed by atoms with Gasteiger partial charge in [-0.05, 0) is 19.1 Å². The molecule has 0 radical (unpaired) electrons. The average Bonchev–Trinajstić information content (AvgIpc) is 2.28. The van der Waals surface area contributed by atoms with Gasteiger partial charge in [0.1, 0.15) is 16.7 Å². The summed E-state index contributed by atoms with van der Waals surface area (Å²) in [6.07, 6.45) is 6.18. The molecule has 1 unspecified atom stereocenters. The maximum absolute atomic E-state index is 11.7. The van der Waals surface area contributed by atoms with Crippen molar-refractivity contribution in [2.24, 2.45) is 0 Å². The summed E-state index contributed by atoms with van der Waals surface area (Å²) in [5.74, 6) is 2.25. The van der Waals surface area contributed by atoms with Crippen molar-refractivity contribution in [1.29, 1.82) is 5.26 Å². The Labute approximate surface area is 94.2 Å². The van der Waals surface area contributed by atoms with Crippen LogP contribution in [0.25, 0.3) is 0 Å². The average molecular weight is 235 g/mol. The monoisotopic (exact) mass is 235 g/mol. The van der Waals surface area contributed by atoms with Crippen LogP contribution in [0.4, 0.5) is 0 Å².